The lowest BCUT2D eigenvalue weighted by Crippen LogP contribution is -2.25. The summed E-state index contributed by atoms with van der Waals surface area (Å²) in [6.45, 7) is 0. The first-order valence-electron chi connectivity index (χ1n) is 6.94. The second kappa shape index (κ2) is 4.31. The van der Waals surface area contributed by atoms with Crippen molar-refractivity contribution in [3.05, 3.63) is 83.4 Å². The Hall–Kier alpha value is -2.41. The van der Waals surface area contributed by atoms with Crippen LogP contribution in [0.2, 0.25) is 0 Å². The van der Waals surface area contributed by atoms with Crippen molar-refractivity contribution in [2.75, 3.05) is 0 Å². The van der Waals surface area contributed by atoms with E-state index in [4.69, 9.17) is 0 Å². The van der Waals surface area contributed by atoms with Gasteiger partial charge in [0.1, 0.15) is 0 Å². The van der Waals surface area contributed by atoms with Crippen molar-refractivity contribution in [3.63, 3.8) is 0 Å². The predicted octanol–water partition coefficient (Wildman–Crippen LogP) is 4.36. The fourth-order valence-electron chi connectivity index (χ4n) is 3.12. The fraction of sp³-hybridized carbons (Fsp3) is 0.105. The standard InChI is InChI=1S/C19H14O/c20-19(18-12-14-7-2-4-10-16(14)18)17-11-5-8-13-6-1-3-9-15(13)17/h1-11,18H,12H2. The Labute approximate surface area is 117 Å². The maximum absolute atomic E-state index is 12.8. The van der Waals surface area contributed by atoms with Crippen LogP contribution in [0.25, 0.3) is 10.8 Å². The molecule has 0 bridgehead atoms. The van der Waals surface area contributed by atoms with Gasteiger partial charge in [0, 0.05) is 5.56 Å². The topological polar surface area (TPSA) is 17.1 Å². The number of rotatable bonds is 2. The molecule has 3 aromatic rings. The highest BCUT2D eigenvalue weighted by molar-refractivity contribution is 6.11. The van der Waals surface area contributed by atoms with Crippen molar-refractivity contribution in [1.82, 2.24) is 0 Å². The van der Waals surface area contributed by atoms with E-state index in [0.717, 1.165) is 22.8 Å². The Kier molecular flexibility index (Phi) is 2.46. The van der Waals surface area contributed by atoms with Gasteiger partial charge in [-0.3, -0.25) is 4.79 Å². The number of hydrogen-bond acceptors (Lipinski definition) is 1. The molecule has 3 aromatic carbocycles. The first-order chi connectivity index (χ1) is 9.84. The molecule has 0 fully saturated rings. The molecule has 0 amide bonds. The summed E-state index contributed by atoms with van der Waals surface area (Å²) in [5.74, 6) is 0.289. The van der Waals surface area contributed by atoms with E-state index in [1.807, 2.05) is 42.5 Å². The molecular weight excluding hydrogens is 244 g/mol. The normalized spacial score (nSPS) is 16.5. The van der Waals surface area contributed by atoms with Gasteiger partial charge in [0.25, 0.3) is 0 Å². The summed E-state index contributed by atoms with van der Waals surface area (Å²) >= 11 is 0. The summed E-state index contributed by atoms with van der Waals surface area (Å²) in [6, 6.07) is 22.3. The van der Waals surface area contributed by atoms with Crippen LogP contribution in [-0.4, -0.2) is 5.78 Å². The van der Waals surface area contributed by atoms with Crippen molar-refractivity contribution < 1.29 is 4.79 Å². The van der Waals surface area contributed by atoms with Gasteiger partial charge in [-0.1, -0.05) is 66.7 Å². The van der Waals surface area contributed by atoms with Crippen LogP contribution in [0.1, 0.15) is 27.4 Å². The van der Waals surface area contributed by atoms with Gasteiger partial charge in [0.2, 0.25) is 0 Å². The number of carbonyl (C=O) groups excluding carboxylic acids is 1. The van der Waals surface area contributed by atoms with Crippen LogP contribution in [-0.2, 0) is 6.42 Å². The average molecular weight is 258 g/mol. The third kappa shape index (κ3) is 1.60. The molecule has 1 nitrogen and oxygen atoms in total. The van der Waals surface area contributed by atoms with Crippen LogP contribution in [0.15, 0.2) is 66.7 Å². The molecule has 96 valence electrons. The number of hydrogen-bond donors (Lipinski definition) is 0. The maximum Gasteiger partial charge on any atom is 0.171 e. The first-order valence-corrected chi connectivity index (χ1v) is 6.94. The van der Waals surface area contributed by atoms with E-state index in [-0.39, 0.29) is 11.7 Å². The molecule has 4 rings (SSSR count). The highest BCUT2D eigenvalue weighted by Crippen LogP contribution is 2.38. The second-order valence-corrected chi connectivity index (χ2v) is 5.35. The molecule has 0 N–H and O–H groups in total. The molecule has 0 aromatic heterocycles. The molecule has 1 aliphatic carbocycles. The van der Waals surface area contributed by atoms with Gasteiger partial charge in [-0.25, -0.2) is 0 Å². The maximum atomic E-state index is 12.8. The lowest BCUT2D eigenvalue weighted by atomic mass is 9.73. The molecule has 1 atom stereocenters. The molecule has 20 heavy (non-hydrogen) atoms. The average Bonchev–Trinajstić information content (AvgIpc) is 2.48. The highest BCUT2D eigenvalue weighted by Gasteiger charge is 2.32. The van der Waals surface area contributed by atoms with Crippen molar-refractivity contribution in [3.8, 4) is 0 Å². The zero-order chi connectivity index (χ0) is 13.5. The van der Waals surface area contributed by atoms with Crippen LogP contribution in [0.5, 0.6) is 0 Å². The number of Topliss-reactive ketones (excluding diaryl/α,β-unsaturated/α-hetero) is 1. The largest absolute Gasteiger partial charge is 0.293 e. The van der Waals surface area contributed by atoms with Gasteiger partial charge in [-0.05, 0) is 28.3 Å². The molecule has 1 aliphatic rings. The van der Waals surface area contributed by atoms with Gasteiger partial charge in [-0.2, -0.15) is 0 Å². The van der Waals surface area contributed by atoms with Crippen LogP contribution < -0.4 is 0 Å². The molecular formula is C19H14O. The van der Waals surface area contributed by atoms with E-state index in [0.29, 0.717) is 0 Å². The third-order valence-electron chi connectivity index (χ3n) is 4.23. The number of benzene rings is 3. The van der Waals surface area contributed by atoms with Crippen LogP contribution in [0.3, 0.4) is 0 Å². The molecule has 0 heterocycles. The van der Waals surface area contributed by atoms with E-state index < -0.39 is 0 Å². The minimum absolute atomic E-state index is 0.0389. The minimum Gasteiger partial charge on any atom is -0.293 e. The summed E-state index contributed by atoms with van der Waals surface area (Å²) in [5.41, 5.74) is 3.36. The summed E-state index contributed by atoms with van der Waals surface area (Å²) < 4.78 is 0. The van der Waals surface area contributed by atoms with Crippen molar-refractivity contribution in [1.29, 1.82) is 0 Å². The van der Waals surface area contributed by atoms with Gasteiger partial charge in [0.15, 0.2) is 5.78 Å². The van der Waals surface area contributed by atoms with E-state index in [2.05, 4.69) is 24.3 Å². The molecule has 0 radical (unpaired) electrons. The van der Waals surface area contributed by atoms with Gasteiger partial charge in [-0.15, -0.1) is 0 Å². The Morgan fingerprint density at radius 1 is 0.850 bits per heavy atom. The summed E-state index contributed by atoms with van der Waals surface area (Å²) in [4.78, 5) is 12.8. The van der Waals surface area contributed by atoms with Crippen molar-refractivity contribution in [2.45, 2.75) is 12.3 Å². The van der Waals surface area contributed by atoms with E-state index in [9.17, 15) is 4.79 Å². The van der Waals surface area contributed by atoms with Gasteiger partial charge >= 0.3 is 0 Å². The highest BCUT2D eigenvalue weighted by atomic mass is 16.1. The SMILES string of the molecule is O=C(c1cccc2ccccc12)C1Cc2ccccc21. The number of carbonyl (C=O) groups is 1. The Morgan fingerprint density at radius 2 is 1.60 bits per heavy atom. The Morgan fingerprint density at radius 3 is 2.50 bits per heavy atom. The molecule has 1 unspecified atom stereocenters. The van der Waals surface area contributed by atoms with Crippen LogP contribution in [0.4, 0.5) is 0 Å². The van der Waals surface area contributed by atoms with Gasteiger partial charge in [0.05, 0.1) is 5.92 Å². The molecule has 1 heteroatoms. The number of fused-ring (bicyclic) bond motifs is 2. The first kappa shape index (κ1) is 11.4. The van der Waals surface area contributed by atoms with Crippen molar-refractivity contribution in [2.24, 2.45) is 0 Å². The number of ketones is 1. The monoisotopic (exact) mass is 258 g/mol. The summed E-state index contributed by atoms with van der Waals surface area (Å²) in [6.07, 6.45) is 0.873. The van der Waals surface area contributed by atoms with Gasteiger partial charge < -0.3 is 0 Å². The quantitative estimate of drug-likeness (QED) is 0.624. The Balaban J connectivity index is 1.80. The molecule has 0 saturated heterocycles. The predicted molar refractivity (Wildman–Crippen MR) is 81.2 cm³/mol. The van der Waals surface area contributed by atoms with E-state index >= 15 is 0 Å². The molecule has 0 aliphatic heterocycles. The fourth-order valence-corrected chi connectivity index (χ4v) is 3.12. The summed E-state index contributed by atoms with van der Waals surface area (Å²) in [5, 5.41) is 2.19. The minimum atomic E-state index is 0.0389. The smallest absolute Gasteiger partial charge is 0.171 e. The zero-order valence-corrected chi connectivity index (χ0v) is 11.0. The zero-order valence-electron chi connectivity index (χ0n) is 11.0. The van der Waals surface area contributed by atoms with E-state index in [1.54, 1.807) is 0 Å². The molecule has 0 spiro atoms. The second-order valence-electron chi connectivity index (χ2n) is 5.35. The van der Waals surface area contributed by atoms with Crippen LogP contribution >= 0.6 is 0 Å². The van der Waals surface area contributed by atoms with E-state index in [1.165, 1.54) is 11.1 Å². The van der Waals surface area contributed by atoms with Crippen LogP contribution in [0, 0.1) is 0 Å². The Bertz CT molecular complexity index is 811. The van der Waals surface area contributed by atoms with Crippen molar-refractivity contribution >= 4 is 16.6 Å². The lowest BCUT2D eigenvalue weighted by Gasteiger charge is -2.29. The third-order valence-corrected chi connectivity index (χ3v) is 4.23. The molecule has 0 saturated carbocycles. The lowest BCUT2D eigenvalue weighted by molar-refractivity contribution is 0.0950. The summed E-state index contributed by atoms with van der Waals surface area (Å²) in [7, 11) is 0.